The number of hydrogen-bond acceptors (Lipinski definition) is 5. The molecule has 1 aromatic rings. The molecule has 1 aromatic carbocycles. The van der Waals surface area contributed by atoms with E-state index in [1.54, 1.807) is 39.8 Å². The first-order valence-corrected chi connectivity index (χ1v) is 9.97. The van der Waals surface area contributed by atoms with Crippen LogP contribution in [0.15, 0.2) is 24.3 Å². The lowest BCUT2D eigenvalue weighted by atomic mass is 10.1. The summed E-state index contributed by atoms with van der Waals surface area (Å²) < 4.78 is 5.38. The maximum Gasteiger partial charge on any atom is 0.338 e. The van der Waals surface area contributed by atoms with Gasteiger partial charge in [0.05, 0.1) is 5.56 Å². The second-order valence-corrected chi connectivity index (χ2v) is 7.50. The fraction of sp³-hybridized carbons (Fsp3) is 0.524. The first-order valence-electron chi connectivity index (χ1n) is 9.97. The molecular weight excluding hydrogens is 374 g/mol. The zero-order valence-corrected chi connectivity index (χ0v) is 16.9. The van der Waals surface area contributed by atoms with E-state index in [-0.39, 0.29) is 17.7 Å². The van der Waals surface area contributed by atoms with E-state index < -0.39 is 12.1 Å². The standard InChI is InChI=1S/C21H27N3O5/c1-15(20(27)23-11-9-22(10-12-23)16(2)25)29-21(28)18-6-3-5-17(13-18)14-24-8-4-7-19(24)26/h3,5-6,13,15H,4,7-12,14H2,1-2H3. The van der Waals surface area contributed by atoms with Gasteiger partial charge in [0.15, 0.2) is 6.10 Å². The Bertz CT molecular complexity index is 801. The van der Waals surface area contributed by atoms with Gasteiger partial charge in [-0.25, -0.2) is 4.79 Å². The van der Waals surface area contributed by atoms with E-state index in [9.17, 15) is 19.2 Å². The summed E-state index contributed by atoms with van der Waals surface area (Å²) in [6.45, 7) is 6.10. The van der Waals surface area contributed by atoms with E-state index in [1.165, 1.54) is 6.92 Å². The molecule has 8 heteroatoms. The van der Waals surface area contributed by atoms with Crippen LogP contribution in [0.1, 0.15) is 42.6 Å². The highest BCUT2D eigenvalue weighted by Gasteiger charge is 2.28. The van der Waals surface area contributed by atoms with Crippen molar-refractivity contribution in [2.45, 2.75) is 39.3 Å². The van der Waals surface area contributed by atoms with Crippen LogP contribution in [0.3, 0.4) is 0 Å². The van der Waals surface area contributed by atoms with Gasteiger partial charge in [0.1, 0.15) is 0 Å². The van der Waals surface area contributed by atoms with Crippen LogP contribution in [0.2, 0.25) is 0 Å². The lowest BCUT2D eigenvalue weighted by molar-refractivity contribution is -0.144. The van der Waals surface area contributed by atoms with E-state index >= 15 is 0 Å². The van der Waals surface area contributed by atoms with Crippen LogP contribution in [0.4, 0.5) is 0 Å². The SMILES string of the molecule is CC(=O)N1CCN(C(=O)C(C)OC(=O)c2cccc(CN3CCCC3=O)c2)CC1. The Balaban J connectivity index is 1.55. The molecule has 2 fully saturated rings. The van der Waals surface area contributed by atoms with Crippen LogP contribution in [0.5, 0.6) is 0 Å². The van der Waals surface area contributed by atoms with Gasteiger partial charge in [0.2, 0.25) is 11.8 Å². The molecule has 0 N–H and O–H groups in total. The number of likely N-dealkylation sites (tertiary alicyclic amines) is 1. The van der Waals surface area contributed by atoms with E-state index in [0.717, 1.165) is 18.5 Å². The maximum atomic E-state index is 12.6. The lowest BCUT2D eigenvalue weighted by Gasteiger charge is -2.35. The predicted octanol–water partition coefficient (Wildman–Crippen LogP) is 1.04. The van der Waals surface area contributed by atoms with Crippen LogP contribution in [-0.2, 0) is 25.7 Å². The molecule has 2 aliphatic heterocycles. The number of nitrogens with zero attached hydrogens (tertiary/aromatic N) is 3. The second kappa shape index (κ2) is 9.07. The highest BCUT2D eigenvalue weighted by atomic mass is 16.5. The molecule has 156 valence electrons. The van der Waals surface area contributed by atoms with Crippen LogP contribution < -0.4 is 0 Å². The summed E-state index contributed by atoms with van der Waals surface area (Å²) in [7, 11) is 0. The molecule has 0 aliphatic carbocycles. The Hall–Kier alpha value is -2.90. The number of carbonyl (C=O) groups is 4. The van der Waals surface area contributed by atoms with E-state index in [2.05, 4.69) is 0 Å². The van der Waals surface area contributed by atoms with Gasteiger partial charge in [0.25, 0.3) is 5.91 Å². The van der Waals surface area contributed by atoms with Crippen molar-refractivity contribution in [2.75, 3.05) is 32.7 Å². The molecule has 3 amide bonds. The van der Waals surface area contributed by atoms with Crippen molar-refractivity contribution in [3.63, 3.8) is 0 Å². The Morgan fingerprint density at radius 2 is 1.76 bits per heavy atom. The smallest absolute Gasteiger partial charge is 0.338 e. The molecule has 0 saturated carbocycles. The fourth-order valence-electron chi connectivity index (χ4n) is 3.67. The van der Waals surface area contributed by atoms with Gasteiger partial charge in [-0.1, -0.05) is 12.1 Å². The first-order chi connectivity index (χ1) is 13.8. The van der Waals surface area contributed by atoms with Gasteiger partial charge < -0.3 is 19.4 Å². The van der Waals surface area contributed by atoms with Gasteiger partial charge in [0, 0.05) is 52.6 Å². The first kappa shape index (κ1) is 20.8. The molecule has 0 bridgehead atoms. The maximum absolute atomic E-state index is 12.6. The van der Waals surface area contributed by atoms with Crippen molar-refractivity contribution >= 4 is 23.7 Å². The van der Waals surface area contributed by atoms with Crippen molar-refractivity contribution in [2.24, 2.45) is 0 Å². The summed E-state index contributed by atoms with van der Waals surface area (Å²) in [5.41, 5.74) is 1.21. The normalized spacial score (nSPS) is 18.0. The average Bonchev–Trinajstić information content (AvgIpc) is 3.12. The van der Waals surface area contributed by atoms with E-state index in [1.807, 2.05) is 6.07 Å². The van der Waals surface area contributed by atoms with Gasteiger partial charge in [-0.3, -0.25) is 14.4 Å². The molecule has 2 saturated heterocycles. The number of rotatable bonds is 5. The third-order valence-corrected chi connectivity index (χ3v) is 5.38. The Labute approximate surface area is 170 Å². The van der Waals surface area contributed by atoms with Crippen molar-refractivity contribution in [1.29, 1.82) is 0 Å². The fourth-order valence-corrected chi connectivity index (χ4v) is 3.67. The number of benzene rings is 1. The summed E-state index contributed by atoms with van der Waals surface area (Å²) in [4.78, 5) is 53.4. The minimum atomic E-state index is -0.907. The lowest BCUT2D eigenvalue weighted by Crippen LogP contribution is -2.52. The highest BCUT2D eigenvalue weighted by molar-refractivity contribution is 5.92. The molecule has 3 rings (SSSR count). The molecule has 0 spiro atoms. The molecule has 8 nitrogen and oxygen atoms in total. The quantitative estimate of drug-likeness (QED) is 0.688. The van der Waals surface area contributed by atoms with Gasteiger partial charge in [-0.2, -0.15) is 0 Å². The highest BCUT2D eigenvalue weighted by Crippen LogP contribution is 2.16. The third-order valence-electron chi connectivity index (χ3n) is 5.38. The number of ether oxygens (including phenoxy) is 1. The van der Waals surface area contributed by atoms with Crippen molar-refractivity contribution in [1.82, 2.24) is 14.7 Å². The Morgan fingerprint density at radius 1 is 1.07 bits per heavy atom. The minimum absolute atomic E-state index is 0.00733. The van der Waals surface area contributed by atoms with E-state index in [0.29, 0.717) is 44.7 Å². The van der Waals surface area contributed by atoms with Crippen molar-refractivity contribution in [3.8, 4) is 0 Å². The molecule has 2 aliphatic rings. The molecule has 2 heterocycles. The summed E-state index contributed by atoms with van der Waals surface area (Å²) in [5, 5.41) is 0. The predicted molar refractivity (Wildman–Crippen MR) is 105 cm³/mol. The van der Waals surface area contributed by atoms with Crippen LogP contribution in [0.25, 0.3) is 0 Å². The monoisotopic (exact) mass is 401 g/mol. The summed E-state index contributed by atoms with van der Waals surface area (Å²) in [6, 6.07) is 6.96. The zero-order chi connectivity index (χ0) is 21.0. The summed E-state index contributed by atoms with van der Waals surface area (Å²) >= 11 is 0. The summed E-state index contributed by atoms with van der Waals surface area (Å²) in [5.74, 6) is -0.711. The zero-order valence-electron chi connectivity index (χ0n) is 16.9. The summed E-state index contributed by atoms with van der Waals surface area (Å²) in [6.07, 6.45) is 0.526. The average molecular weight is 401 g/mol. The molecule has 1 atom stereocenters. The number of piperazine rings is 1. The second-order valence-electron chi connectivity index (χ2n) is 7.50. The molecule has 0 aromatic heterocycles. The van der Waals surface area contributed by atoms with Gasteiger partial charge >= 0.3 is 5.97 Å². The molecule has 0 radical (unpaired) electrons. The Morgan fingerprint density at radius 3 is 2.38 bits per heavy atom. The van der Waals surface area contributed by atoms with Gasteiger partial charge in [-0.05, 0) is 31.0 Å². The van der Waals surface area contributed by atoms with E-state index in [4.69, 9.17) is 4.74 Å². The van der Waals surface area contributed by atoms with Crippen LogP contribution >= 0.6 is 0 Å². The number of hydrogen-bond donors (Lipinski definition) is 0. The minimum Gasteiger partial charge on any atom is -0.449 e. The van der Waals surface area contributed by atoms with Crippen LogP contribution in [0, 0.1) is 0 Å². The third kappa shape index (κ3) is 5.13. The largest absolute Gasteiger partial charge is 0.449 e. The number of amides is 3. The number of esters is 1. The van der Waals surface area contributed by atoms with Crippen molar-refractivity contribution < 1.29 is 23.9 Å². The van der Waals surface area contributed by atoms with Crippen molar-refractivity contribution in [3.05, 3.63) is 35.4 Å². The number of carbonyl (C=O) groups excluding carboxylic acids is 4. The topological polar surface area (TPSA) is 87.2 Å². The van der Waals surface area contributed by atoms with Crippen LogP contribution in [-0.4, -0.2) is 77.2 Å². The molecular formula is C21H27N3O5. The molecule has 29 heavy (non-hydrogen) atoms. The Kier molecular flexibility index (Phi) is 6.51. The molecule has 1 unspecified atom stereocenters. The van der Waals surface area contributed by atoms with Gasteiger partial charge in [-0.15, -0.1) is 0 Å².